The summed E-state index contributed by atoms with van der Waals surface area (Å²) in [5.41, 5.74) is 0.433. The molecule has 2 nitrogen and oxygen atoms in total. The predicted octanol–water partition coefficient (Wildman–Crippen LogP) is 3.52. The molecule has 1 aliphatic carbocycles. The molecule has 108 valence electrons. The van der Waals surface area contributed by atoms with Crippen LogP contribution in [0.4, 0.5) is 0 Å². The molecule has 1 rings (SSSR count). The Bertz CT molecular complexity index is 237. The number of hydrogen-bond acceptors (Lipinski definition) is 2. The SMILES string of the molecule is CCNC1C(N(C)CC(C)CC)CCCC1(C)C. The Morgan fingerprint density at radius 2 is 2.00 bits per heavy atom. The Hall–Kier alpha value is -0.0800. The Balaban J connectivity index is 2.70. The van der Waals surface area contributed by atoms with Gasteiger partial charge in [0.25, 0.3) is 0 Å². The minimum absolute atomic E-state index is 0.433. The highest BCUT2D eigenvalue weighted by Crippen LogP contribution is 2.37. The molecule has 3 atom stereocenters. The molecular formula is C16H34N2. The van der Waals surface area contributed by atoms with Crippen LogP contribution in [0.15, 0.2) is 0 Å². The van der Waals surface area contributed by atoms with E-state index in [0.717, 1.165) is 12.5 Å². The molecule has 1 saturated carbocycles. The molecule has 0 aromatic rings. The molecule has 0 saturated heterocycles. The first-order valence-corrected chi connectivity index (χ1v) is 7.86. The number of rotatable bonds is 6. The number of hydrogen-bond donors (Lipinski definition) is 1. The van der Waals surface area contributed by atoms with Gasteiger partial charge in [-0.3, -0.25) is 0 Å². The second kappa shape index (κ2) is 6.91. The fraction of sp³-hybridized carbons (Fsp3) is 1.00. The van der Waals surface area contributed by atoms with Gasteiger partial charge in [-0.25, -0.2) is 0 Å². The fourth-order valence-electron chi connectivity index (χ4n) is 3.47. The van der Waals surface area contributed by atoms with Crippen LogP contribution in [-0.2, 0) is 0 Å². The summed E-state index contributed by atoms with van der Waals surface area (Å²) in [5, 5.41) is 3.76. The Kier molecular flexibility index (Phi) is 6.13. The van der Waals surface area contributed by atoms with Crippen molar-refractivity contribution in [2.24, 2.45) is 11.3 Å². The van der Waals surface area contributed by atoms with E-state index in [1.807, 2.05) is 0 Å². The highest BCUT2D eigenvalue weighted by Gasteiger charge is 2.40. The molecule has 1 N–H and O–H groups in total. The minimum Gasteiger partial charge on any atom is -0.312 e. The van der Waals surface area contributed by atoms with Crippen molar-refractivity contribution < 1.29 is 0 Å². The average Bonchev–Trinajstić information content (AvgIpc) is 2.31. The van der Waals surface area contributed by atoms with Crippen LogP contribution in [0.25, 0.3) is 0 Å². The molecule has 0 aromatic carbocycles. The van der Waals surface area contributed by atoms with Gasteiger partial charge in [0, 0.05) is 18.6 Å². The smallest absolute Gasteiger partial charge is 0.0274 e. The lowest BCUT2D eigenvalue weighted by Gasteiger charge is -2.48. The molecule has 3 unspecified atom stereocenters. The normalized spacial score (nSPS) is 29.5. The largest absolute Gasteiger partial charge is 0.312 e. The van der Waals surface area contributed by atoms with E-state index in [1.165, 1.54) is 32.2 Å². The zero-order valence-corrected chi connectivity index (χ0v) is 13.4. The summed E-state index contributed by atoms with van der Waals surface area (Å²) in [6, 6.07) is 1.35. The second-order valence-corrected chi connectivity index (χ2v) is 6.94. The van der Waals surface area contributed by atoms with Crippen molar-refractivity contribution in [3.05, 3.63) is 0 Å². The van der Waals surface area contributed by atoms with Crippen LogP contribution in [0, 0.1) is 11.3 Å². The maximum atomic E-state index is 3.76. The number of nitrogens with one attached hydrogen (secondary N) is 1. The Morgan fingerprint density at radius 3 is 2.56 bits per heavy atom. The number of nitrogens with zero attached hydrogens (tertiary/aromatic N) is 1. The van der Waals surface area contributed by atoms with Crippen molar-refractivity contribution in [1.29, 1.82) is 0 Å². The maximum absolute atomic E-state index is 3.76. The van der Waals surface area contributed by atoms with Gasteiger partial charge in [-0.05, 0) is 37.8 Å². The highest BCUT2D eigenvalue weighted by molar-refractivity contribution is 4.97. The van der Waals surface area contributed by atoms with Crippen LogP contribution in [0.1, 0.15) is 60.3 Å². The molecule has 0 amide bonds. The van der Waals surface area contributed by atoms with Gasteiger partial charge in [0.05, 0.1) is 0 Å². The summed E-state index contributed by atoms with van der Waals surface area (Å²) in [7, 11) is 2.32. The van der Waals surface area contributed by atoms with Crippen molar-refractivity contribution in [3.8, 4) is 0 Å². The minimum atomic E-state index is 0.433. The Morgan fingerprint density at radius 1 is 1.33 bits per heavy atom. The van der Waals surface area contributed by atoms with E-state index >= 15 is 0 Å². The van der Waals surface area contributed by atoms with E-state index < -0.39 is 0 Å². The van der Waals surface area contributed by atoms with E-state index in [2.05, 4.69) is 51.9 Å². The molecule has 1 fully saturated rings. The van der Waals surface area contributed by atoms with E-state index in [9.17, 15) is 0 Å². The molecular weight excluding hydrogens is 220 g/mol. The van der Waals surface area contributed by atoms with Crippen molar-refractivity contribution in [2.45, 2.75) is 72.4 Å². The van der Waals surface area contributed by atoms with Crippen LogP contribution in [0.3, 0.4) is 0 Å². The third kappa shape index (κ3) is 3.96. The summed E-state index contributed by atoms with van der Waals surface area (Å²) in [6.45, 7) is 14.1. The monoisotopic (exact) mass is 254 g/mol. The van der Waals surface area contributed by atoms with Gasteiger partial charge in [0.2, 0.25) is 0 Å². The predicted molar refractivity (Wildman–Crippen MR) is 81.0 cm³/mol. The lowest BCUT2D eigenvalue weighted by Crippen LogP contribution is -2.58. The zero-order chi connectivity index (χ0) is 13.8. The van der Waals surface area contributed by atoms with Crippen molar-refractivity contribution >= 4 is 0 Å². The lowest BCUT2D eigenvalue weighted by molar-refractivity contribution is 0.0564. The van der Waals surface area contributed by atoms with Gasteiger partial charge in [-0.15, -0.1) is 0 Å². The quantitative estimate of drug-likeness (QED) is 0.780. The molecule has 0 aliphatic heterocycles. The van der Waals surface area contributed by atoms with Gasteiger partial charge in [0.1, 0.15) is 0 Å². The average molecular weight is 254 g/mol. The van der Waals surface area contributed by atoms with Crippen molar-refractivity contribution in [3.63, 3.8) is 0 Å². The third-order valence-corrected chi connectivity index (χ3v) is 4.83. The second-order valence-electron chi connectivity index (χ2n) is 6.94. The molecule has 1 aliphatic rings. The van der Waals surface area contributed by atoms with Crippen LogP contribution in [0.5, 0.6) is 0 Å². The first-order valence-electron chi connectivity index (χ1n) is 7.86. The first kappa shape index (κ1) is 16.0. The summed E-state index contributed by atoms with van der Waals surface area (Å²) >= 11 is 0. The van der Waals surface area contributed by atoms with Crippen LogP contribution in [-0.4, -0.2) is 37.1 Å². The van der Waals surface area contributed by atoms with Gasteiger partial charge in [-0.2, -0.15) is 0 Å². The molecule has 2 heteroatoms. The van der Waals surface area contributed by atoms with Gasteiger partial charge in [-0.1, -0.05) is 47.5 Å². The Labute approximate surface area is 115 Å². The van der Waals surface area contributed by atoms with Crippen molar-refractivity contribution in [2.75, 3.05) is 20.1 Å². The van der Waals surface area contributed by atoms with Gasteiger partial charge >= 0.3 is 0 Å². The zero-order valence-electron chi connectivity index (χ0n) is 13.4. The maximum Gasteiger partial charge on any atom is 0.0274 e. The molecule has 0 spiro atoms. The van der Waals surface area contributed by atoms with Crippen LogP contribution in [0.2, 0.25) is 0 Å². The van der Waals surface area contributed by atoms with E-state index in [4.69, 9.17) is 0 Å². The first-order chi connectivity index (χ1) is 8.42. The lowest BCUT2D eigenvalue weighted by atomic mass is 9.70. The van der Waals surface area contributed by atoms with Gasteiger partial charge in [0.15, 0.2) is 0 Å². The molecule has 0 radical (unpaired) electrons. The third-order valence-electron chi connectivity index (χ3n) is 4.83. The van der Waals surface area contributed by atoms with E-state index in [-0.39, 0.29) is 0 Å². The summed E-state index contributed by atoms with van der Waals surface area (Å²) in [6.07, 6.45) is 5.38. The topological polar surface area (TPSA) is 15.3 Å². The van der Waals surface area contributed by atoms with E-state index in [1.54, 1.807) is 0 Å². The fourth-order valence-corrected chi connectivity index (χ4v) is 3.47. The van der Waals surface area contributed by atoms with Crippen LogP contribution < -0.4 is 5.32 Å². The van der Waals surface area contributed by atoms with E-state index in [0.29, 0.717) is 17.5 Å². The molecule has 0 bridgehead atoms. The molecule has 18 heavy (non-hydrogen) atoms. The molecule has 0 aromatic heterocycles. The summed E-state index contributed by atoms with van der Waals surface area (Å²) in [4.78, 5) is 2.61. The van der Waals surface area contributed by atoms with Crippen molar-refractivity contribution in [1.82, 2.24) is 10.2 Å². The molecule has 0 heterocycles. The number of likely N-dealkylation sites (N-methyl/N-ethyl adjacent to an activating group) is 2. The summed E-state index contributed by atoms with van der Waals surface area (Å²) in [5.74, 6) is 0.808. The van der Waals surface area contributed by atoms with Crippen LogP contribution >= 0.6 is 0 Å². The highest BCUT2D eigenvalue weighted by atomic mass is 15.2. The van der Waals surface area contributed by atoms with Gasteiger partial charge < -0.3 is 10.2 Å². The summed E-state index contributed by atoms with van der Waals surface area (Å²) < 4.78 is 0. The standard InChI is InChI=1S/C16H34N2/c1-7-13(3)12-18(6)14-10-9-11-16(4,5)15(14)17-8-2/h13-15,17H,7-12H2,1-6H3.